The van der Waals surface area contributed by atoms with Crippen LogP contribution in [0.15, 0.2) is 18.2 Å². The average molecular weight is 180 g/mol. The smallest absolute Gasteiger partial charge is 0.118 e. The van der Waals surface area contributed by atoms with E-state index in [0.29, 0.717) is 5.75 Å². The van der Waals surface area contributed by atoms with Crippen LogP contribution in [-0.4, -0.2) is 16.8 Å². The molecule has 0 radical (unpaired) electrons. The van der Waals surface area contributed by atoms with Crippen molar-refractivity contribution in [3.05, 3.63) is 29.3 Å². The number of rotatable bonds is 3. The Morgan fingerprint density at radius 3 is 2.69 bits per heavy atom. The highest BCUT2D eigenvalue weighted by molar-refractivity contribution is 5.35. The minimum absolute atomic E-state index is 0.160. The number of aryl methyl sites for hydroxylation is 1. The summed E-state index contributed by atoms with van der Waals surface area (Å²) in [5.41, 5.74) is 2.06. The molecular formula is C11H16O2. The molecule has 0 spiro atoms. The van der Waals surface area contributed by atoms with Crippen LogP contribution in [0.3, 0.4) is 0 Å². The fourth-order valence-corrected chi connectivity index (χ4v) is 1.32. The molecule has 2 N–H and O–H groups in total. The first-order valence-corrected chi connectivity index (χ1v) is 4.53. The van der Waals surface area contributed by atoms with Gasteiger partial charge in [0, 0.05) is 6.61 Å². The van der Waals surface area contributed by atoms with E-state index in [4.69, 9.17) is 5.11 Å². The lowest BCUT2D eigenvalue weighted by Gasteiger charge is -2.09. The Hall–Kier alpha value is -1.02. The third-order valence-electron chi connectivity index (χ3n) is 2.12. The third-order valence-corrected chi connectivity index (χ3v) is 2.12. The summed E-state index contributed by atoms with van der Waals surface area (Å²) in [5.74, 6) is 0.526. The minimum Gasteiger partial charge on any atom is -0.508 e. The molecule has 0 aromatic heterocycles. The predicted octanol–water partition coefficient (Wildman–Crippen LogP) is 1.87. The lowest BCUT2D eigenvalue weighted by molar-refractivity contribution is 0.236. The van der Waals surface area contributed by atoms with Crippen LogP contribution in [0.25, 0.3) is 0 Å². The number of aliphatic hydroxyl groups excluding tert-OH is 1. The monoisotopic (exact) mass is 180 g/mol. The summed E-state index contributed by atoms with van der Waals surface area (Å²) in [7, 11) is 0. The second-order valence-electron chi connectivity index (χ2n) is 3.62. The van der Waals surface area contributed by atoms with Gasteiger partial charge in [0.25, 0.3) is 0 Å². The van der Waals surface area contributed by atoms with Gasteiger partial charge in [0.15, 0.2) is 0 Å². The molecule has 13 heavy (non-hydrogen) atoms. The van der Waals surface area contributed by atoms with Gasteiger partial charge in [-0.05, 0) is 30.9 Å². The Balaban J connectivity index is 2.81. The van der Waals surface area contributed by atoms with Gasteiger partial charge in [-0.15, -0.1) is 0 Å². The molecule has 1 atom stereocenters. The van der Waals surface area contributed by atoms with Crippen LogP contribution in [0.4, 0.5) is 0 Å². The zero-order valence-electron chi connectivity index (χ0n) is 8.12. The number of aliphatic hydroxyl groups is 1. The third kappa shape index (κ3) is 2.74. The van der Waals surface area contributed by atoms with Crippen LogP contribution in [0.1, 0.15) is 18.1 Å². The van der Waals surface area contributed by atoms with Crippen LogP contribution >= 0.6 is 0 Å². The summed E-state index contributed by atoms with van der Waals surface area (Å²) >= 11 is 0. The van der Waals surface area contributed by atoms with Crippen LogP contribution in [0.2, 0.25) is 0 Å². The summed E-state index contributed by atoms with van der Waals surface area (Å²) in [4.78, 5) is 0. The van der Waals surface area contributed by atoms with E-state index in [0.717, 1.165) is 17.5 Å². The highest BCUT2D eigenvalue weighted by atomic mass is 16.3. The molecule has 2 nitrogen and oxygen atoms in total. The summed E-state index contributed by atoms with van der Waals surface area (Å²) in [5, 5.41) is 18.4. The van der Waals surface area contributed by atoms with Crippen molar-refractivity contribution in [2.24, 2.45) is 5.92 Å². The molecule has 0 fully saturated rings. The Labute approximate surface area is 78.8 Å². The van der Waals surface area contributed by atoms with Crippen molar-refractivity contribution in [3.8, 4) is 5.75 Å². The quantitative estimate of drug-likeness (QED) is 0.745. The molecule has 0 amide bonds. The number of phenolic OH excluding ortho intramolecular Hbond substituents is 1. The van der Waals surface area contributed by atoms with Gasteiger partial charge in [-0.3, -0.25) is 0 Å². The van der Waals surface area contributed by atoms with Crippen LogP contribution < -0.4 is 0 Å². The molecule has 0 saturated heterocycles. The van der Waals surface area contributed by atoms with Crippen molar-refractivity contribution in [3.63, 3.8) is 0 Å². The molecule has 1 aromatic rings. The first-order valence-electron chi connectivity index (χ1n) is 4.53. The van der Waals surface area contributed by atoms with Crippen LogP contribution in [0, 0.1) is 12.8 Å². The van der Waals surface area contributed by atoms with E-state index in [9.17, 15) is 5.11 Å². The summed E-state index contributed by atoms with van der Waals surface area (Å²) in [6, 6.07) is 5.54. The molecule has 0 aliphatic carbocycles. The molecule has 1 rings (SSSR count). The Bertz CT molecular complexity index is 281. The van der Waals surface area contributed by atoms with Crippen molar-refractivity contribution in [2.45, 2.75) is 20.3 Å². The SMILES string of the molecule is Cc1ccc(O)c(C[C@@H](C)CO)c1. The van der Waals surface area contributed by atoms with Crippen LogP contribution in [0.5, 0.6) is 5.75 Å². The summed E-state index contributed by atoms with van der Waals surface area (Å²) in [6.07, 6.45) is 0.726. The maximum Gasteiger partial charge on any atom is 0.118 e. The Morgan fingerprint density at radius 1 is 1.38 bits per heavy atom. The van der Waals surface area contributed by atoms with E-state index in [1.807, 2.05) is 26.0 Å². The average Bonchev–Trinajstić information content (AvgIpc) is 2.11. The zero-order chi connectivity index (χ0) is 9.84. The second kappa shape index (κ2) is 4.28. The van der Waals surface area contributed by atoms with E-state index >= 15 is 0 Å². The van der Waals surface area contributed by atoms with Gasteiger partial charge in [0.2, 0.25) is 0 Å². The first kappa shape index (κ1) is 10.1. The molecule has 0 saturated carbocycles. The highest BCUT2D eigenvalue weighted by Gasteiger charge is 2.06. The molecule has 0 aliphatic heterocycles. The van der Waals surface area contributed by atoms with Gasteiger partial charge in [-0.2, -0.15) is 0 Å². The maximum atomic E-state index is 9.50. The molecule has 0 unspecified atom stereocenters. The van der Waals surface area contributed by atoms with E-state index < -0.39 is 0 Å². The predicted molar refractivity (Wildman–Crippen MR) is 52.8 cm³/mol. The number of benzene rings is 1. The molecule has 2 heteroatoms. The maximum absolute atomic E-state index is 9.50. The van der Waals surface area contributed by atoms with Crippen molar-refractivity contribution < 1.29 is 10.2 Å². The van der Waals surface area contributed by atoms with Gasteiger partial charge in [-0.25, -0.2) is 0 Å². The van der Waals surface area contributed by atoms with Gasteiger partial charge in [0.05, 0.1) is 0 Å². The van der Waals surface area contributed by atoms with Crippen molar-refractivity contribution in [2.75, 3.05) is 6.61 Å². The van der Waals surface area contributed by atoms with Crippen molar-refractivity contribution in [1.82, 2.24) is 0 Å². The van der Waals surface area contributed by atoms with Gasteiger partial charge < -0.3 is 10.2 Å². The number of aromatic hydroxyl groups is 1. The lowest BCUT2D eigenvalue weighted by atomic mass is 10.00. The molecule has 1 aromatic carbocycles. The first-order chi connectivity index (χ1) is 6.13. The number of phenols is 1. The van der Waals surface area contributed by atoms with Gasteiger partial charge in [-0.1, -0.05) is 24.6 Å². The largest absolute Gasteiger partial charge is 0.508 e. The van der Waals surface area contributed by atoms with E-state index in [2.05, 4.69) is 0 Å². The molecule has 0 aliphatic rings. The second-order valence-corrected chi connectivity index (χ2v) is 3.62. The fraction of sp³-hybridized carbons (Fsp3) is 0.455. The van der Waals surface area contributed by atoms with Crippen molar-refractivity contribution >= 4 is 0 Å². The van der Waals surface area contributed by atoms with E-state index in [-0.39, 0.29) is 12.5 Å². The highest BCUT2D eigenvalue weighted by Crippen LogP contribution is 2.21. The van der Waals surface area contributed by atoms with Crippen molar-refractivity contribution in [1.29, 1.82) is 0 Å². The fourth-order valence-electron chi connectivity index (χ4n) is 1.32. The standard InChI is InChI=1S/C11H16O2/c1-8-3-4-11(13)10(5-8)6-9(2)7-12/h3-5,9,12-13H,6-7H2,1-2H3/t9-/m1/s1. The lowest BCUT2D eigenvalue weighted by Crippen LogP contribution is -2.04. The Morgan fingerprint density at radius 2 is 2.08 bits per heavy atom. The zero-order valence-corrected chi connectivity index (χ0v) is 8.12. The summed E-state index contributed by atoms with van der Waals surface area (Å²) < 4.78 is 0. The van der Waals surface area contributed by atoms with E-state index in [1.54, 1.807) is 6.07 Å². The summed E-state index contributed by atoms with van der Waals surface area (Å²) in [6.45, 7) is 4.11. The Kier molecular flexibility index (Phi) is 3.32. The topological polar surface area (TPSA) is 40.5 Å². The molecule has 0 bridgehead atoms. The van der Waals surface area contributed by atoms with E-state index in [1.165, 1.54) is 0 Å². The normalized spacial score (nSPS) is 12.8. The number of hydrogen-bond donors (Lipinski definition) is 2. The van der Waals surface area contributed by atoms with Gasteiger partial charge in [0.1, 0.15) is 5.75 Å². The minimum atomic E-state index is 0.160. The molecular weight excluding hydrogens is 164 g/mol. The molecule has 72 valence electrons. The van der Waals surface area contributed by atoms with Gasteiger partial charge >= 0.3 is 0 Å². The molecule has 0 heterocycles. The van der Waals surface area contributed by atoms with Crippen LogP contribution in [-0.2, 0) is 6.42 Å². The number of hydrogen-bond acceptors (Lipinski definition) is 2.